The highest BCUT2D eigenvalue weighted by Crippen LogP contribution is 2.36. The van der Waals surface area contributed by atoms with Crippen molar-refractivity contribution in [3.63, 3.8) is 0 Å². The van der Waals surface area contributed by atoms with Crippen LogP contribution >= 0.6 is 11.6 Å². The Morgan fingerprint density at radius 2 is 1.75 bits per heavy atom. The van der Waals surface area contributed by atoms with Gasteiger partial charge in [0.25, 0.3) is 0 Å². The average Bonchev–Trinajstić information content (AvgIpc) is 2.50. The van der Waals surface area contributed by atoms with Gasteiger partial charge in [0.1, 0.15) is 0 Å². The molecule has 0 atom stereocenters. The van der Waals surface area contributed by atoms with Crippen molar-refractivity contribution >= 4 is 24.3 Å². The summed E-state index contributed by atoms with van der Waals surface area (Å²) in [5.41, 5.74) is -0.430. The van der Waals surface area contributed by atoms with E-state index in [1.54, 1.807) is 6.07 Å². The van der Waals surface area contributed by atoms with Gasteiger partial charge in [-0.05, 0) is 39.8 Å². The van der Waals surface area contributed by atoms with Gasteiger partial charge in [0.05, 0.1) is 28.2 Å². The maximum absolute atomic E-state index is 12.4. The maximum Gasteiger partial charge on any atom is 0.516 e. The van der Waals surface area contributed by atoms with Crippen LogP contribution in [0, 0.1) is 0 Å². The highest BCUT2D eigenvalue weighted by Gasteiger charge is 2.53. The van der Waals surface area contributed by atoms with Gasteiger partial charge in [0.2, 0.25) is 6.43 Å². The summed E-state index contributed by atoms with van der Waals surface area (Å²) in [4.78, 5) is 4.16. The highest BCUT2D eigenvalue weighted by molar-refractivity contribution is 6.64. The molecular formula is C13H17BClF2NO2. The van der Waals surface area contributed by atoms with Crippen molar-refractivity contribution in [2.75, 3.05) is 0 Å². The van der Waals surface area contributed by atoms with Gasteiger partial charge in [-0.3, -0.25) is 4.98 Å². The summed E-state index contributed by atoms with van der Waals surface area (Å²) in [5.74, 6) is 0. The predicted octanol–water partition coefficient (Wildman–Crippen LogP) is 2.84. The number of halogens is 3. The lowest BCUT2D eigenvalue weighted by atomic mass is 9.84. The molecule has 0 unspecified atom stereocenters. The van der Waals surface area contributed by atoms with Gasteiger partial charge in [-0.15, -0.1) is 0 Å². The van der Waals surface area contributed by atoms with Crippen LogP contribution in [0.4, 0.5) is 8.78 Å². The Morgan fingerprint density at radius 3 is 2.25 bits per heavy atom. The number of rotatable bonds is 3. The summed E-state index contributed by atoms with van der Waals surface area (Å²) in [5, 5.41) is 0.349. The Kier molecular flexibility index (Phi) is 4.11. The molecular weight excluding hydrogens is 286 g/mol. The molecule has 110 valence electrons. The maximum atomic E-state index is 12.4. The summed E-state index contributed by atoms with van der Waals surface area (Å²) in [7, 11) is -0.745. The lowest BCUT2D eigenvalue weighted by molar-refractivity contribution is 0.00578. The topological polar surface area (TPSA) is 31.4 Å². The number of alkyl halides is 2. The minimum atomic E-state index is -2.45. The third-order valence-corrected chi connectivity index (χ3v) is 4.09. The standard InChI is InChI=1S/C13H17BClF2NO2/c1-12(2)13(3,4)20-14(19-12)11-9(15)6-5-8(18-11)7-10(16)17/h5-6,10H,7H2,1-4H3. The molecule has 0 aliphatic carbocycles. The van der Waals surface area contributed by atoms with Crippen LogP contribution in [-0.4, -0.2) is 29.7 Å². The molecule has 0 radical (unpaired) electrons. The van der Waals surface area contributed by atoms with Crippen LogP contribution in [0.3, 0.4) is 0 Å². The molecule has 0 saturated carbocycles. The second-order valence-electron chi connectivity index (χ2n) is 5.85. The summed E-state index contributed by atoms with van der Waals surface area (Å²) >= 11 is 6.09. The van der Waals surface area contributed by atoms with Gasteiger partial charge >= 0.3 is 7.12 Å². The van der Waals surface area contributed by atoms with E-state index in [1.165, 1.54) is 6.07 Å². The molecule has 0 bridgehead atoms. The largest absolute Gasteiger partial charge is 0.516 e. The molecule has 1 aliphatic heterocycles. The van der Waals surface area contributed by atoms with Gasteiger partial charge in [-0.2, -0.15) is 0 Å². The van der Waals surface area contributed by atoms with E-state index >= 15 is 0 Å². The number of pyridine rings is 1. The van der Waals surface area contributed by atoms with Crippen molar-refractivity contribution in [3.8, 4) is 0 Å². The highest BCUT2D eigenvalue weighted by atomic mass is 35.5. The molecule has 7 heteroatoms. The summed E-state index contributed by atoms with van der Waals surface area (Å²) in [6.45, 7) is 7.63. The molecule has 1 saturated heterocycles. The molecule has 1 aromatic rings. The second kappa shape index (κ2) is 5.24. The van der Waals surface area contributed by atoms with Crippen molar-refractivity contribution in [3.05, 3.63) is 22.8 Å². The van der Waals surface area contributed by atoms with Crippen molar-refractivity contribution in [2.45, 2.75) is 51.7 Å². The van der Waals surface area contributed by atoms with E-state index in [0.29, 0.717) is 10.6 Å². The SMILES string of the molecule is CC1(C)OB(c2nc(CC(F)F)ccc2Cl)OC1(C)C. The molecule has 2 rings (SSSR count). The van der Waals surface area contributed by atoms with Crippen LogP contribution in [0.2, 0.25) is 5.02 Å². The van der Waals surface area contributed by atoms with Crippen LogP contribution < -0.4 is 5.59 Å². The molecule has 0 N–H and O–H groups in total. The van der Waals surface area contributed by atoms with Crippen LogP contribution in [0.1, 0.15) is 33.4 Å². The fraction of sp³-hybridized carbons (Fsp3) is 0.615. The van der Waals surface area contributed by atoms with Gasteiger partial charge < -0.3 is 9.31 Å². The van der Waals surface area contributed by atoms with E-state index in [0.717, 1.165) is 0 Å². The molecule has 0 aromatic carbocycles. The van der Waals surface area contributed by atoms with E-state index in [2.05, 4.69) is 4.98 Å². The molecule has 0 amide bonds. The van der Waals surface area contributed by atoms with Crippen molar-refractivity contribution < 1.29 is 18.1 Å². The molecule has 0 spiro atoms. The minimum Gasteiger partial charge on any atom is -0.398 e. The summed E-state index contributed by atoms with van der Waals surface area (Å²) in [6, 6.07) is 3.04. The monoisotopic (exact) mass is 303 g/mol. The Balaban J connectivity index is 2.30. The van der Waals surface area contributed by atoms with Gasteiger partial charge in [0, 0.05) is 5.69 Å². The average molecular weight is 304 g/mol. The zero-order chi connectivity index (χ0) is 15.1. The Bertz CT molecular complexity index is 495. The fourth-order valence-corrected chi connectivity index (χ4v) is 2.09. The Hall–Kier alpha value is -0.715. The zero-order valence-corrected chi connectivity index (χ0v) is 12.7. The molecule has 3 nitrogen and oxygen atoms in total. The predicted molar refractivity (Wildman–Crippen MR) is 74.7 cm³/mol. The van der Waals surface area contributed by atoms with Gasteiger partial charge in [-0.25, -0.2) is 8.78 Å². The first-order valence-corrected chi connectivity index (χ1v) is 6.79. The van der Waals surface area contributed by atoms with E-state index in [-0.39, 0.29) is 5.69 Å². The van der Waals surface area contributed by atoms with Crippen molar-refractivity contribution in [1.29, 1.82) is 0 Å². The van der Waals surface area contributed by atoms with Gasteiger partial charge in [-0.1, -0.05) is 11.6 Å². The summed E-state index contributed by atoms with van der Waals surface area (Å²) < 4.78 is 36.5. The molecule has 2 heterocycles. The smallest absolute Gasteiger partial charge is 0.398 e. The first-order valence-electron chi connectivity index (χ1n) is 6.41. The number of nitrogens with zero attached hydrogens (tertiary/aromatic N) is 1. The van der Waals surface area contributed by atoms with Crippen molar-refractivity contribution in [1.82, 2.24) is 4.98 Å². The lowest BCUT2D eigenvalue weighted by Gasteiger charge is -2.32. The Morgan fingerprint density at radius 1 is 1.20 bits per heavy atom. The van der Waals surface area contributed by atoms with Crippen LogP contribution in [0.25, 0.3) is 0 Å². The minimum absolute atomic E-state index is 0.272. The van der Waals surface area contributed by atoms with Crippen LogP contribution in [0.15, 0.2) is 12.1 Å². The second-order valence-corrected chi connectivity index (χ2v) is 6.26. The number of hydrogen-bond acceptors (Lipinski definition) is 3. The first kappa shape index (κ1) is 15.7. The fourth-order valence-electron chi connectivity index (χ4n) is 1.89. The van der Waals surface area contributed by atoms with Crippen LogP contribution in [0.5, 0.6) is 0 Å². The third kappa shape index (κ3) is 2.97. The zero-order valence-electron chi connectivity index (χ0n) is 11.9. The van der Waals surface area contributed by atoms with E-state index in [1.807, 2.05) is 27.7 Å². The molecule has 1 aromatic heterocycles. The number of aromatic nitrogens is 1. The van der Waals surface area contributed by atoms with Crippen molar-refractivity contribution in [2.24, 2.45) is 0 Å². The Labute approximate surface area is 122 Å². The molecule has 1 fully saturated rings. The summed E-state index contributed by atoms with van der Waals surface area (Å²) in [6.07, 6.45) is -2.86. The van der Waals surface area contributed by atoms with E-state index in [9.17, 15) is 8.78 Å². The van der Waals surface area contributed by atoms with Gasteiger partial charge in [0.15, 0.2) is 0 Å². The molecule has 1 aliphatic rings. The van der Waals surface area contributed by atoms with E-state index < -0.39 is 31.2 Å². The lowest BCUT2D eigenvalue weighted by Crippen LogP contribution is -2.41. The van der Waals surface area contributed by atoms with Crippen LogP contribution in [-0.2, 0) is 15.7 Å². The normalized spacial score (nSPS) is 20.7. The number of hydrogen-bond donors (Lipinski definition) is 0. The quantitative estimate of drug-likeness (QED) is 0.805. The first-order chi connectivity index (χ1) is 9.12. The van der Waals surface area contributed by atoms with E-state index in [4.69, 9.17) is 20.9 Å². The molecule has 20 heavy (non-hydrogen) atoms. The third-order valence-electron chi connectivity index (χ3n) is 3.77.